The number of benzene rings is 2. The first-order chi connectivity index (χ1) is 12.7. The van der Waals surface area contributed by atoms with Gasteiger partial charge in [-0.1, -0.05) is 30.1 Å². The van der Waals surface area contributed by atoms with Gasteiger partial charge in [0, 0.05) is 10.7 Å². The molecule has 0 fully saturated rings. The maximum absolute atomic E-state index is 12.8. The van der Waals surface area contributed by atoms with Gasteiger partial charge in [-0.15, -0.1) is 0 Å². The van der Waals surface area contributed by atoms with E-state index in [1.54, 1.807) is 43.3 Å². The summed E-state index contributed by atoms with van der Waals surface area (Å²) in [5.74, 6) is -0.000238. The second kappa shape index (κ2) is 8.82. The predicted molar refractivity (Wildman–Crippen MR) is 109 cm³/mol. The lowest BCUT2D eigenvalue weighted by Gasteiger charge is -2.30. The number of sulfonamides is 1. The van der Waals surface area contributed by atoms with E-state index in [1.807, 2.05) is 0 Å². The first-order valence-electron chi connectivity index (χ1n) is 8.06. The highest BCUT2D eigenvalue weighted by molar-refractivity contribution is 7.92. The molecule has 0 spiro atoms. The lowest BCUT2D eigenvalue weighted by atomic mass is 10.1. The molecular weight excluding hydrogens is 411 g/mol. The molecular formula is C18H20Cl2N2O4S. The average Bonchev–Trinajstić information content (AvgIpc) is 2.59. The van der Waals surface area contributed by atoms with Gasteiger partial charge in [-0.25, -0.2) is 8.42 Å². The molecule has 1 unspecified atom stereocenters. The fourth-order valence-corrected chi connectivity index (χ4v) is 4.21. The third-order valence-electron chi connectivity index (χ3n) is 3.83. The van der Waals surface area contributed by atoms with Gasteiger partial charge >= 0.3 is 0 Å². The van der Waals surface area contributed by atoms with Gasteiger partial charge in [-0.3, -0.25) is 9.10 Å². The van der Waals surface area contributed by atoms with Crippen LogP contribution in [0.1, 0.15) is 13.3 Å². The largest absolute Gasteiger partial charge is 0.495 e. The van der Waals surface area contributed by atoms with Crippen molar-refractivity contribution in [3.8, 4) is 5.75 Å². The average molecular weight is 431 g/mol. The number of anilines is 2. The van der Waals surface area contributed by atoms with Crippen molar-refractivity contribution in [2.75, 3.05) is 23.0 Å². The SMILES string of the molecule is CCC(C(=O)Nc1ccc(OC)c(Cl)c1)N(c1ccc(Cl)cc1)S(C)(=O)=O. The molecule has 146 valence electrons. The number of hydrogen-bond acceptors (Lipinski definition) is 4. The van der Waals surface area contributed by atoms with Crippen LogP contribution in [0.15, 0.2) is 42.5 Å². The second-order valence-corrected chi connectivity index (χ2v) is 8.50. The summed E-state index contributed by atoms with van der Waals surface area (Å²) >= 11 is 12.0. The summed E-state index contributed by atoms with van der Waals surface area (Å²) in [6.07, 6.45) is 1.33. The molecule has 0 saturated heterocycles. The van der Waals surface area contributed by atoms with Gasteiger partial charge in [-0.2, -0.15) is 0 Å². The topological polar surface area (TPSA) is 75.7 Å². The Morgan fingerprint density at radius 1 is 1.19 bits per heavy atom. The van der Waals surface area contributed by atoms with Crippen LogP contribution in [0, 0.1) is 0 Å². The van der Waals surface area contributed by atoms with E-state index in [1.165, 1.54) is 13.2 Å². The van der Waals surface area contributed by atoms with Crippen LogP contribution in [0.25, 0.3) is 0 Å². The van der Waals surface area contributed by atoms with Gasteiger partial charge in [0.05, 0.1) is 24.1 Å². The first-order valence-corrected chi connectivity index (χ1v) is 10.7. The molecule has 0 heterocycles. The second-order valence-electron chi connectivity index (χ2n) is 5.80. The normalized spacial score (nSPS) is 12.3. The van der Waals surface area contributed by atoms with Crippen LogP contribution >= 0.6 is 23.2 Å². The molecule has 0 radical (unpaired) electrons. The fourth-order valence-electron chi connectivity index (χ4n) is 2.62. The predicted octanol–water partition coefficient (Wildman–Crippen LogP) is 4.19. The molecule has 6 nitrogen and oxygen atoms in total. The summed E-state index contributed by atoms with van der Waals surface area (Å²) in [7, 11) is -2.23. The minimum Gasteiger partial charge on any atom is -0.495 e. The molecule has 9 heteroatoms. The maximum atomic E-state index is 12.8. The Balaban J connectivity index is 2.34. The zero-order valence-corrected chi connectivity index (χ0v) is 17.4. The van der Waals surface area contributed by atoms with E-state index in [4.69, 9.17) is 27.9 Å². The number of carbonyl (C=O) groups excluding carboxylic acids is 1. The van der Waals surface area contributed by atoms with Gasteiger partial charge < -0.3 is 10.1 Å². The minimum atomic E-state index is -3.71. The number of halogens is 2. The summed E-state index contributed by atoms with van der Waals surface area (Å²) < 4.78 is 30.9. The molecule has 0 aromatic heterocycles. The highest BCUT2D eigenvalue weighted by Gasteiger charge is 2.31. The number of nitrogens with one attached hydrogen (secondary N) is 1. The van der Waals surface area contributed by atoms with E-state index in [9.17, 15) is 13.2 Å². The van der Waals surface area contributed by atoms with Crippen LogP contribution < -0.4 is 14.4 Å². The quantitative estimate of drug-likeness (QED) is 0.714. The fraction of sp³-hybridized carbons (Fsp3) is 0.278. The third-order valence-corrected chi connectivity index (χ3v) is 5.56. The highest BCUT2D eigenvalue weighted by atomic mass is 35.5. The molecule has 1 N–H and O–H groups in total. The summed E-state index contributed by atoms with van der Waals surface area (Å²) in [6, 6.07) is 10.1. The summed E-state index contributed by atoms with van der Waals surface area (Å²) in [6.45, 7) is 1.74. The molecule has 0 aliphatic heterocycles. The number of carbonyl (C=O) groups is 1. The molecule has 1 amide bonds. The molecule has 27 heavy (non-hydrogen) atoms. The summed E-state index contributed by atoms with van der Waals surface area (Å²) in [5, 5.41) is 3.51. The summed E-state index contributed by atoms with van der Waals surface area (Å²) in [5.41, 5.74) is 0.797. The van der Waals surface area contributed by atoms with E-state index < -0.39 is 22.0 Å². The number of rotatable bonds is 7. The van der Waals surface area contributed by atoms with Crippen LogP contribution in [0.5, 0.6) is 5.75 Å². The Hall–Kier alpha value is -1.96. The van der Waals surface area contributed by atoms with Gasteiger partial charge in [-0.05, 0) is 48.9 Å². The monoisotopic (exact) mass is 430 g/mol. The van der Waals surface area contributed by atoms with Crippen LogP contribution in [-0.4, -0.2) is 33.7 Å². The summed E-state index contributed by atoms with van der Waals surface area (Å²) in [4.78, 5) is 12.8. The van der Waals surface area contributed by atoms with Crippen LogP contribution in [0.3, 0.4) is 0 Å². The number of amides is 1. The number of nitrogens with zero attached hydrogens (tertiary/aromatic N) is 1. The van der Waals surface area contributed by atoms with E-state index in [2.05, 4.69) is 5.32 Å². The number of ether oxygens (including phenoxy) is 1. The minimum absolute atomic E-state index is 0.269. The molecule has 0 aliphatic rings. The number of hydrogen-bond donors (Lipinski definition) is 1. The Morgan fingerprint density at radius 2 is 1.81 bits per heavy atom. The maximum Gasteiger partial charge on any atom is 0.248 e. The van der Waals surface area contributed by atoms with E-state index in [-0.39, 0.29) is 6.42 Å². The van der Waals surface area contributed by atoms with Crippen LogP contribution in [0.2, 0.25) is 10.0 Å². The zero-order chi connectivity index (χ0) is 20.2. The third kappa shape index (κ3) is 5.28. The first kappa shape index (κ1) is 21.3. The Morgan fingerprint density at radius 3 is 2.30 bits per heavy atom. The lowest BCUT2D eigenvalue weighted by molar-refractivity contribution is -0.117. The molecule has 0 bridgehead atoms. The van der Waals surface area contributed by atoms with Gasteiger partial charge in [0.1, 0.15) is 11.8 Å². The smallest absolute Gasteiger partial charge is 0.248 e. The van der Waals surface area contributed by atoms with Crippen LogP contribution in [-0.2, 0) is 14.8 Å². The van der Waals surface area contributed by atoms with Crippen molar-refractivity contribution in [1.82, 2.24) is 0 Å². The van der Waals surface area contributed by atoms with Crippen molar-refractivity contribution >= 4 is 50.5 Å². The molecule has 2 rings (SSSR count). The molecule has 0 aliphatic carbocycles. The van der Waals surface area contributed by atoms with Gasteiger partial charge in [0.2, 0.25) is 15.9 Å². The zero-order valence-electron chi connectivity index (χ0n) is 15.1. The van der Waals surface area contributed by atoms with Crippen molar-refractivity contribution < 1.29 is 17.9 Å². The Kier molecular flexibility index (Phi) is 6.97. The van der Waals surface area contributed by atoms with E-state index in [0.29, 0.717) is 27.2 Å². The van der Waals surface area contributed by atoms with Crippen molar-refractivity contribution in [3.05, 3.63) is 52.5 Å². The molecule has 0 saturated carbocycles. The van der Waals surface area contributed by atoms with Gasteiger partial charge in [0.25, 0.3) is 0 Å². The lowest BCUT2D eigenvalue weighted by Crippen LogP contribution is -2.47. The van der Waals surface area contributed by atoms with E-state index in [0.717, 1.165) is 10.6 Å². The highest BCUT2D eigenvalue weighted by Crippen LogP contribution is 2.28. The van der Waals surface area contributed by atoms with Crippen molar-refractivity contribution in [1.29, 1.82) is 0 Å². The Bertz CT molecular complexity index is 917. The van der Waals surface area contributed by atoms with Crippen molar-refractivity contribution in [2.24, 2.45) is 0 Å². The standard InChI is InChI=1S/C18H20Cl2N2O4S/c1-4-16(18(23)21-13-7-10-17(26-2)15(20)11-13)22(27(3,24)25)14-8-5-12(19)6-9-14/h5-11,16H,4H2,1-3H3,(H,21,23). The number of methoxy groups -OCH3 is 1. The van der Waals surface area contributed by atoms with Crippen LogP contribution in [0.4, 0.5) is 11.4 Å². The molecule has 1 atom stereocenters. The van der Waals surface area contributed by atoms with Crippen molar-refractivity contribution in [2.45, 2.75) is 19.4 Å². The Labute approximate surface area is 169 Å². The molecule has 2 aromatic rings. The molecule has 2 aromatic carbocycles. The van der Waals surface area contributed by atoms with E-state index >= 15 is 0 Å². The van der Waals surface area contributed by atoms with Crippen molar-refractivity contribution in [3.63, 3.8) is 0 Å². The van der Waals surface area contributed by atoms with Gasteiger partial charge in [0.15, 0.2) is 0 Å².